The lowest BCUT2D eigenvalue weighted by atomic mass is 10.4. The van der Waals surface area contributed by atoms with Crippen molar-refractivity contribution in [1.82, 2.24) is 4.57 Å². The minimum atomic E-state index is -0.324. The topological polar surface area (TPSA) is 42.2 Å². The summed E-state index contributed by atoms with van der Waals surface area (Å²) in [5, 5.41) is 8.67. The van der Waals surface area contributed by atoms with Crippen molar-refractivity contribution in [3.63, 3.8) is 0 Å². The quantitative estimate of drug-likeness (QED) is 0.524. The molecular weight excluding hydrogens is 118 g/mol. The van der Waals surface area contributed by atoms with Crippen LogP contribution in [-0.2, 0) is 7.05 Å². The first-order valence-corrected chi connectivity index (χ1v) is 2.48. The number of pyridine rings is 1. The van der Waals surface area contributed by atoms with E-state index in [-0.39, 0.29) is 11.3 Å². The third-order valence-corrected chi connectivity index (χ3v) is 1.01. The van der Waals surface area contributed by atoms with Crippen molar-refractivity contribution in [3.05, 3.63) is 28.7 Å². The molecule has 1 N–H and O–H groups in total. The van der Waals surface area contributed by atoms with Crippen LogP contribution in [-0.4, -0.2) is 9.67 Å². The Bertz CT molecular complexity index is 264. The SMILES string of the molecule is Cn1ccc(O)[c]c1=O. The minimum absolute atomic E-state index is 0.113. The van der Waals surface area contributed by atoms with E-state index in [0.29, 0.717) is 0 Å². The number of rotatable bonds is 0. The van der Waals surface area contributed by atoms with Crippen molar-refractivity contribution in [3.8, 4) is 5.75 Å². The van der Waals surface area contributed by atoms with Gasteiger partial charge in [0.05, 0.1) is 6.07 Å². The summed E-state index contributed by atoms with van der Waals surface area (Å²) in [6.07, 6.45) is 1.48. The van der Waals surface area contributed by atoms with Crippen LogP contribution in [0.5, 0.6) is 5.75 Å². The lowest BCUT2D eigenvalue weighted by Crippen LogP contribution is -2.13. The summed E-state index contributed by atoms with van der Waals surface area (Å²) in [6, 6.07) is 3.61. The number of aromatic nitrogens is 1. The number of hydrogen-bond acceptors (Lipinski definition) is 2. The fraction of sp³-hybridized carbons (Fsp3) is 0.167. The van der Waals surface area contributed by atoms with Gasteiger partial charge in [0.1, 0.15) is 5.75 Å². The molecule has 1 aromatic rings. The van der Waals surface area contributed by atoms with Gasteiger partial charge in [0.25, 0.3) is 5.56 Å². The van der Waals surface area contributed by atoms with E-state index in [1.54, 1.807) is 7.05 Å². The molecule has 0 unspecified atom stereocenters. The second kappa shape index (κ2) is 1.93. The number of nitrogens with zero attached hydrogens (tertiary/aromatic N) is 1. The van der Waals surface area contributed by atoms with Crippen LogP contribution in [0, 0.1) is 6.07 Å². The molecule has 0 amide bonds. The van der Waals surface area contributed by atoms with Gasteiger partial charge >= 0.3 is 0 Å². The van der Waals surface area contributed by atoms with Crippen LogP contribution in [0.15, 0.2) is 17.1 Å². The summed E-state index contributed by atoms with van der Waals surface area (Å²) in [4.78, 5) is 10.6. The van der Waals surface area contributed by atoms with E-state index < -0.39 is 0 Å². The first-order valence-electron chi connectivity index (χ1n) is 2.48. The molecule has 0 saturated carbocycles. The van der Waals surface area contributed by atoms with Gasteiger partial charge < -0.3 is 9.67 Å². The van der Waals surface area contributed by atoms with Crippen LogP contribution in [0.2, 0.25) is 0 Å². The van der Waals surface area contributed by atoms with E-state index in [0.717, 1.165) is 0 Å². The zero-order chi connectivity index (χ0) is 6.85. The number of aryl methyl sites for hydroxylation is 1. The Morgan fingerprint density at radius 3 is 2.89 bits per heavy atom. The number of aromatic hydroxyl groups is 1. The molecule has 3 nitrogen and oxygen atoms in total. The van der Waals surface area contributed by atoms with Crippen molar-refractivity contribution in [1.29, 1.82) is 0 Å². The van der Waals surface area contributed by atoms with Crippen molar-refractivity contribution >= 4 is 0 Å². The van der Waals surface area contributed by atoms with E-state index in [9.17, 15) is 4.79 Å². The summed E-state index contributed by atoms with van der Waals surface area (Å²) >= 11 is 0. The average Bonchev–Trinajstić information content (AvgIpc) is 1.80. The minimum Gasteiger partial charge on any atom is -0.507 e. The molecule has 0 aliphatic heterocycles. The molecule has 0 bridgehead atoms. The molecule has 0 saturated heterocycles. The van der Waals surface area contributed by atoms with Gasteiger partial charge in [-0.05, 0) is 6.07 Å². The maximum Gasteiger partial charge on any atom is 0.262 e. The van der Waals surface area contributed by atoms with Crippen molar-refractivity contribution in [2.75, 3.05) is 0 Å². The van der Waals surface area contributed by atoms with Gasteiger partial charge in [-0.15, -0.1) is 0 Å². The fourth-order valence-electron chi connectivity index (χ4n) is 0.490. The van der Waals surface area contributed by atoms with E-state index in [4.69, 9.17) is 5.11 Å². The van der Waals surface area contributed by atoms with Gasteiger partial charge in [0.15, 0.2) is 0 Å². The second-order valence-corrected chi connectivity index (χ2v) is 1.74. The van der Waals surface area contributed by atoms with Crippen LogP contribution >= 0.6 is 0 Å². The zero-order valence-electron chi connectivity index (χ0n) is 4.96. The predicted molar refractivity (Wildman–Crippen MR) is 32.2 cm³/mol. The second-order valence-electron chi connectivity index (χ2n) is 1.74. The van der Waals surface area contributed by atoms with Crippen LogP contribution in [0.25, 0.3) is 0 Å². The number of hydrogen-bond donors (Lipinski definition) is 1. The highest BCUT2D eigenvalue weighted by atomic mass is 16.3. The van der Waals surface area contributed by atoms with E-state index in [1.165, 1.54) is 16.8 Å². The summed E-state index contributed by atoms with van der Waals surface area (Å²) in [6.45, 7) is 0. The molecule has 0 atom stereocenters. The molecule has 1 heterocycles. The summed E-state index contributed by atoms with van der Waals surface area (Å²) in [7, 11) is 1.60. The first kappa shape index (κ1) is 5.88. The predicted octanol–water partition coefficient (Wildman–Crippen LogP) is -0.109. The average molecular weight is 124 g/mol. The molecular formula is C6H6NO2. The molecule has 0 aliphatic carbocycles. The van der Waals surface area contributed by atoms with Crippen LogP contribution < -0.4 is 5.56 Å². The third-order valence-electron chi connectivity index (χ3n) is 1.01. The zero-order valence-corrected chi connectivity index (χ0v) is 4.96. The largest absolute Gasteiger partial charge is 0.507 e. The maximum absolute atomic E-state index is 10.6. The Balaban J connectivity index is 3.34. The molecule has 47 valence electrons. The standard InChI is InChI=1S/C6H6NO2/c1-7-3-2-5(8)4-6(7)9/h2-3,8H,1H3. The van der Waals surface area contributed by atoms with Crippen molar-refractivity contribution < 1.29 is 5.11 Å². The van der Waals surface area contributed by atoms with Crippen molar-refractivity contribution in [2.45, 2.75) is 0 Å². The van der Waals surface area contributed by atoms with Crippen LogP contribution in [0.3, 0.4) is 0 Å². The van der Waals surface area contributed by atoms with Gasteiger partial charge in [-0.25, -0.2) is 0 Å². The van der Waals surface area contributed by atoms with Gasteiger partial charge in [0.2, 0.25) is 0 Å². The summed E-state index contributed by atoms with van der Waals surface area (Å²) in [5.41, 5.74) is -0.324. The van der Waals surface area contributed by atoms with Gasteiger partial charge in [0, 0.05) is 13.2 Å². The highest BCUT2D eigenvalue weighted by Crippen LogP contribution is 1.97. The van der Waals surface area contributed by atoms with E-state index in [2.05, 4.69) is 6.07 Å². The Labute approximate surface area is 52.2 Å². The molecule has 1 radical (unpaired) electrons. The Morgan fingerprint density at radius 1 is 1.78 bits per heavy atom. The van der Waals surface area contributed by atoms with E-state index in [1.807, 2.05) is 0 Å². The van der Waals surface area contributed by atoms with Crippen LogP contribution in [0.1, 0.15) is 0 Å². The normalized spacial score (nSPS) is 9.44. The Hall–Kier alpha value is -1.25. The van der Waals surface area contributed by atoms with Gasteiger partial charge in [-0.1, -0.05) is 0 Å². The Kier molecular flexibility index (Phi) is 1.26. The van der Waals surface area contributed by atoms with E-state index >= 15 is 0 Å². The van der Waals surface area contributed by atoms with Gasteiger partial charge in [-0.3, -0.25) is 4.79 Å². The fourth-order valence-corrected chi connectivity index (χ4v) is 0.490. The third kappa shape index (κ3) is 1.10. The molecule has 1 aromatic heterocycles. The molecule has 1 rings (SSSR count). The van der Waals surface area contributed by atoms with Crippen LogP contribution in [0.4, 0.5) is 0 Å². The summed E-state index contributed by atoms with van der Waals surface area (Å²) < 4.78 is 1.33. The molecule has 0 aromatic carbocycles. The Morgan fingerprint density at radius 2 is 2.44 bits per heavy atom. The summed E-state index contributed by atoms with van der Waals surface area (Å²) in [5.74, 6) is -0.113. The smallest absolute Gasteiger partial charge is 0.262 e. The molecule has 0 spiro atoms. The lowest BCUT2D eigenvalue weighted by Gasteiger charge is -1.92. The molecule has 0 fully saturated rings. The molecule has 0 aliphatic rings. The highest BCUT2D eigenvalue weighted by molar-refractivity contribution is 5.13. The molecule has 9 heavy (non-hydrogen) atoms. The maximum atomic E-state index is 10.6. The first-order chi connectivity index (χ1) is 4.20. The lowest BCUT2D eigenvalue weighted by molar-refractivity contribution is 0.470. The monoisotopic (exact) mass is 124 g/mol. The highest BCUT2D eigenvalue weighted by Gasteiger charge is 1.89. The molecule has 3 heteroatoms. The van der Waals surface area contributed by atoms with Gasteiger partial charge in [-0.2, -0.15) is 0 Å². The van der Waals surface area contributed by atoms with Crippen molar-refractivity contribution in [2.24, 2.45) is 7.05 Å².